The Kier molecular flexibility index (Phi) is 11.1. The van der Waals surface area contributed by atoms with Gasteiger partial charge in [0.1, 0.15) is 40.9 Å². The largest absolute Gasteiger partial charge is 0.496 e. The van der Waals surface area contributed by atoms with Crippen LogP contribution in [0.15, 0.2) is 90.7 Å². The zero-order valence-electron chi connectivity index (χ0n) is 26.2. The third-order valence-electron chi connectivity index (χ3n) is 7.44. The summed E-state index contributed by atoms with van der Waals surface area (Å²) in [6.45, 7) is 0.987. The van der Waals surface area contributed by atoms with Crippen LogP contribution in [0, 0.1) is 5.82 Å². The number of halogens is 2. The van der Waals surface area contributed by atoms with Gasteiger partial charge >= 0.3 is 0 Å². The SMILES string of the molecule is COc1cc2ncnc(Nc3ccc(OCc4cccc(F)c4)c(Cl)c3)c2cc1-c1csc(CCCNCC(c2ccccn2)=S(=O)=O)n1. The molecule has 0 amide bonds. The topological polar surface area (TPSA) is 128 Å². The van der Waals surface area contributed by atoms with Crippen molar-refractivity contribution in [3.8, 4) is 22.8 Å². The lowest BCUT2D eigenvalue weighted by Gasteiger charge is -2.13. The van der Waals surface area contributed by atoms with E-state index < -0.39 is 10.3 Å². The van der Waals surface area contributed by atoms with Crippen molar-refractivity contribution in [3.63, 3.8) is 0 Å². The zero-order chi connectivity index (χ0) is 34.2. The molecule has 0 radical (unpaired) electrons. The predicted molar refractivity (Wildman–Crippen MR) is 191 cm³/mol. The van der Waals surface area contributed by atoms with Gasteiger partial charge in [0.05, 0.1) is 34.0 Å². The lowest BCUT2D eigenvalue weighted by atomic mass is 10.1. The van der Waals surface area contributed by atoms with Crippen LogP contribution in [0.4, 0.5) is 15.9 Å². The maximum absolute atomic E-state index is 13.5. The first-order chi connectivity index (χ1) is 23.9. The molecule has 3 aromatic heterocycles. The smallest absolute Gasteiger partial charge is 0.220 e. The second kappa shape index (κ2) is 16.0. The zero-order valence-corrected chi connectivity index (χ0v) is 28.6. The van der Waals surface area contributed by atoms with Crippen molar-refractivity contribution in [3.05, 3.63) is 118 Å². The van der Waals surface area contributed by atoms with E-state index >= 15 is 0 Å². The number of ether oxygens (including phenoxy) is 2. The number of rotatable bonds is 14. The monoisotopic (exact) mass is 716 g/mol. The van der Waals surface area contributed by atoms with Crippen molar-refractivity contribution in [1.29, 1.82) is 0 Å². The van der Waals surface area contributed by atoms with E-state index in [2.05, 4.69) is 25.6 Å². The van der Waals surface area contributed by atoms with Crippen LogP contribution in [0.25, 0.3) is 22.2 Å². The summed E-state index contributed by atoms with van der Waals surface area (Å²) in [6, 6.07) is 20.5. The fourth-order valence-corrected chi connectivity index (χ4v) is 6.64. The summed E-state index contributed by atoms with van der Waals surface area (Å²) in [5, 5.41) is 10.6. The Morgan fingerprint density at radius 1 is 1.00 bits per heavy atom. The van der Waals surface area contributed by atoms with Crippen molar-refractivity contribution in [2.45, 2.75) is 19.4 Å². The summed E-state index contributed by atoms with van der Waals surface area (Å²) in [5.41, 5.74) is 4.06. The number of nitrogens with zero attached hydrogens (tertiary/aromatic N) is 4. The molecule has 0 unspecified atom stereocenters. The number of anilines is 2. The fraction of sp³-hybridized carbons (Fsp3) is 0.171. The highest BCUT2D eigenvalue weighted by Gasteiger charge is 2.16. The molecule has 3 aromatic carbocycles. The summed E-state index contributed by atoms with van der Waals surface area (Å²) in [7, 11) is -0.759. The predicted octanol–water partition coefficient (Wildman–Crippen LogP) is 6.89. The molecule has 10 nitrogen and oxygen atoms in total. The number of aryl methyl sites for hydroxylation is 1. The van der Waals surface area contributed by atoms with Gasteiger partial charge in [0.2, 0.25) is 10.3 Å². The number of aromatic nitrogens is 4. The quantitative estimate of drug-likeness (QED) is 0.0699. The van der Waals surface area contributed by atoms with Crippen molar-refractivity contribution >= 4 is 60.5 Å². The van der Waals surface area contributed by atoms with Crippen LogP contribution in [0.3, 0.4) is 0 Å². The number of benzene rings is 3. The third kappa shape index (κ3) is 8.56. The first-order valence-corrected chi connectivity index (χ1v) is 17.5. The van der Waals surface area contributed by atoms with Gasteiger partial charge in [0.15, 0.2) is 0 Å². The van der Waals surface area contributed by atoms with Crippen LogP contribution >= 0.6 is 22.9 Å². The second-order valence-electron chi connectivity index (χ2n) is 10.8. The van der Waals surface area contributed by atoms with Gasteiger partial charge in [0, 0.05) is 47.2 Å². The van der Waals surface area contributed by atoms with E-state index in [0.29, 0.717) is 57.8 Å². The first-order valence-electron chi connectivity index (χ1n) is 15.2. The lowest BCUT2D eigenvalue weighted by molar-refractivity contribution is 0.306. The molecule has 0 saturated heterocycles. The van der Waals surface area contributed by atoms with E-state index in [1.54, 1.807) is 67.1 Å². The van der Waals surface area contributed by atoms with Gasteiger partial charge in [-0.05, 0) is 67.1 Å². The van der Waals surface area contributed by atoms with E-state index in [9.17, 15) is 12.8 Å². The summed E-state index contributed by atoms with van der Waals surface area (Å²) < 4.78 is 48.5. The molecule has 0 bridgehead atoms. The highest BCUT2D eigenvalue weighted by molar-refractivity contribution is 7.73. The molecule has 0 saturated carbocycles. The number of methoxy groups -OCH3 is 1. The molecule has 6 aromatic rings. The van der Waals surface area contributed by atoms with Gasteiger partial charge in [-0.2, -0.15) is 8.42 Å². The van der Waals surface area contributed by atoms with E-state index in [1.807, 2.05) is 23.6 Å². The number of hydrogen-bond acceptors (Lipinski definition) is 11. The third-order valence-corrected chi connectivity index (χ3v) is 9.40. The van der Waals surface area contributed by atoms with Crippen LogP contribution in [0.5, 0.6) is 11.5 Å². The summed E-state index contributed by atoms with van der Waals surface area (Å²) in [5.74, 6) is 1.34. The number of hydrogen-bond donors (Lipinski definition) is 2. The van der Waals surface area contributed by atoms with Crippen LogP contribution in [0.1, 0.15) is 22.7 Å². The Morgan fingerprint density at radius 3 is 2.67 bits per heavy atom. The molecule has 0 aliphatic rings. The molecule has 6 rings (SSSR count). The van der Waals surface area contributed by atoms with Gasteiger partial charge in [-0.25, -0.2) is 19.3 Å². The normalized spacial score (nSPS) is 11.0. The Hall–Kier alpha value is -4.95. The molecule has 250 valence electrons. The molecule has 49 heavy (non-hydrogen) atoms. The minimum absolute atomic E-state index is 0.179. The summed E-state index contributed by atoms with van der Waals surface area (Å²) >= 11 is 8.08. The van der Waals surface area contributed by atoms with Crippen LogP contribution in [-0.2, 0) is 23.3 Å². The number of nitrogens with one attached hydrogen (secondary N) is 2. The average molecular weight is 717 g/mol. The molecule has 0 aliphatic heterocycles. The molecule has 3 heterocycles. The van der Waals surface area contributed by atoms with Crippen LogP contribution < -0.4 is 20.1 Å². The molecule has 0 atom stereocenters. The fourth-order valence-electron chi connectivity index (χ4n) is 5.05. The van der Waals surface area contributed by atoms with Gasteiger partial charge < -0.3 is 20.1 Å². The molecular formula is C35H30ClFN6O4S2. The van der Waals surface area contributed by atoms with Crippen LogP contribution in [0.2, 0.25) is 5.02 Å². The number of fused-ring (bicyclic) bond motifs is 1. The van der Waals surface area contributed by atoms with Gasteiger partial charge in [-0.3, -0.25) is 4.98 Å². The Bertz CT molecular complexity index is 2230. The van der Waals surface area contributed by atoms with E-state index in [0.717, 1.165) is 28.1 Å². The summed E-state index contributed by atoms with van der Waals surface area (Å²) in [6.07, 6.45) is 4.53. The molecular weight excluding hydrogens is 687 g/mol. The van der Waals surface area contributed by atoms with E-state index in [-0.39, 0.29) is 23.8 Å². The Morgan fingerprint density at radius 2 is 1.90 bits per heavy atom. The van der Waals surface area contributed by atoms with Crippen molar-refractivity contribution in [1.82, 2.24) is 25.3 Å². The van der Waals surface area contributed by atoms with E-state index in [4.69, 9.17) is 26.1 Å². The number of pyridine rings is 1. The second-order valence-corrected chi connectivity index (χ2v) is 13.1. The van der Waals surface area contributed by atoms with Crippen molar-refractivity contribution in [2.75, 3.05) is 25.5 Å². The van der Waals surface area contributed by atoms with Gasteiger partial charge in [0.25, 0.3) is 0 Å². The minimum atomic E-state index is -2.37. The molecule has 14 heteroatoms. The maximum Gasteiger partial charge on any atom is 0.220 e. The lowest BCUT2D eigenvalue weighted by Crippen LogP contribution is -2.26. The van der Waals surface area contributed by atoms with Crippen molar-refractivity contribution in [2.24, 2.45) is 0 Å². The maximum atomic E-state index is 13.5. The average Bonchev–Trinajstić information content (AvgIpc) is 3.58. The molecule has 0 fully saturated rings. The summed E-state index contributed by atoms with van der Waals surface area (Å²) in [4.78, 5) is 18.2. The molecule has 0 aliphatic carbocycles. The Balaban J connectivity index is 1.13. The Labute approximate surface area is 292 Å². The molecule has 0 spiro atoms. The molecule has 2 N–H and O–H groups in total. The highest BCUT2D eigenvalue weighted by Crippen LogP contribution is 2.37. The van der Waals surface area contributed by atoms with Crippen molar-refractivity contribution < 1.29 is 22.3 Å². The minimum Gasteiger partial charge on any atom is -0.496 e. The van der Waals surface area contributed by atoms with E-state index in [1.165, 1.54) is 18.5 Å². The first kappa shape index (κ1) is 33.9. The number of thiazole rings is 1. The highest BCUT2D eigenvalue weighted by atomic mass is 35.5. The standard InChI is InChI=1S/C35H30ClFN6O4S2/c1-46-32-17-29-26(35(41-21-40-29)42-24-10-11-31(27(36)15-24)47-19-22-6-4-7-23(37)14-22)16-25(32)30-20-48-34(43-30)9-5-12-38-18-33(49(44)45)28-8-2-3-13-39-28/h2-4,6-8,10-11,13-17,20-21,38H,5,9,12,18-19H2,1H3,(H,40,41,42). The van der Waals surface area contributed by atoms with Crippen LogP contribution in [-0.4, -0.2) is 53.4 Å². The van der Waals surface area contributed by atoms with Gasteiger partial charge in [-0.1, -0.05) is 29.8 Å². The van der Waals surface area contributed by atoms with Gasteiger partial charge in [-0.15, -0.1) is 11.3 Å².